The zero-order valence-electron chi connectivity index (χ0n) is 14.2. The highest BCUT2D eigenvalue weighted by Crippen LogP contribution is 2.29. The van der Waals surface area contributed by atoms with E-state index in [4.69, 9.17) is 4.74 Å². The van der Waals surface area contributed by atoms with Gasteiger partial charge in [0.15, 0.2) is 0 Å². The lowest BCUT2D eigenvalue weighted by molar-refractivity contribution is -0.00522. The third-order valence-electron chi connectivity index (χ3n) is 4.69. The van der Waals surface area contributed by atoms with Gasteiger partial charge in [-0.05, 0) is 39.0 Å². The molecular weight excluding hydrogens is 288 g/mol. The Labute approximate surface area is 138 Å². The molecule has 1 aromatic carbocycles. The average molecular weight is 314 g/mol. The number of ether oxygens (including phenoxy) is 1. The van der Waals surface area contributed by atoms with Crippen molar-refractivity contribution in [3.05, 3.63) is 23.8 Å². The number of rotatable bonds is 2. The minimum Gasteiger partial charge on any atom is -0.372 e. The van der Waals surface area contributed by atoms with E-state index in [9.17, 15) is 5.26 Å². The van der Waals surface area contributed by atoms with Crippen molar-refractivity contribution in [3.63, 3.8) is 0 Å². The molecule has 0 aromatic heterocycles. The summed E-state index contributed by atoms with van der Waals surface area (Å²) >= 11 is 0. The van der Waals surface area contributed by atoms with Gasteiger partial charge in [-0.15, -0.1) is 0 Å². The lowest BCUT2D eigenvalue weighted by Crippen LogP contribution is -2.50. The van der Waals surface area contributed by atoms with Gasteiger partial charge in [-0.2, -0.15) is 5.26 Å². The number of nitrogens with zero attached hydrogens (tertiary/aromatic N) is 3. The predicted octanol–water partition coefficient (Wildman–Crippen LogP) is 1.97. The summed E-state index contributed by atoms with van der Waals surface area (Å²) in [6, 6.07) is 9.14. The second kappa shape index (κ2) is 6.77. The van der Waals surface area contributed by atoms with Crippen LogP contribution in [-0.4, -0.2) is 51.0 Å². The van der Waals surface area contributed by atoms with Crippen molar-refractivity contribution in [3.8, 4) is 6.07 Å². The molecule has 1 aromatic rings. The van der Waals surface area contributed by atoms with Gasteiger partial charge in [-0.1, -0.05) is 0 Å². The topological polar surface area (TPSA) is 51.5 Å². The van der Waals surface area contributed by atoms with Crippen molar-refractivity contribution >= 4 is 11.4 Å². The molecule has 23 heavy (non-hydrogen) atoms. The Hall–Kier alpha value is -1.77. The summed E-state index contributed by atoms with van der Waals surface area (Å²) in [7, 11) is 0. The second-order valence-corrected chi connectivity index (χ2v) is 6.72. The van der Waals surface area contributed by atoms with Gasteiger partial charge in [-0.25, -0.2) is 0 Å². The Bertz CT molecular complexity index is 587. The van der Waals surface area contributed by atoms with Crippen molar-refractivity contribution < 1.29 is 4.74 Å². The summed E-state index contributed by atoms with van der Waals surface area (Å²) in [6.07, 6.45) is 0.385. The van der Waals surface area contributed by atoms with Gasteiger partial charge < -0.3 is 19.9 Å². The Balaban J connectivity index is 1.86. The van der Waals surface area contributed by atoms with Crippen LogP contribution >= 0.6 is 0 Å². The van der Waals surface area contributed by atoms with Crippen LogP contribution in [0.15, 0.2) is 18.2 Å². The van der Waals surface area contributed by atoms with Gasteiger partial charge in [0.25, 0.3) is 0 Å². The van der Waals surface area contributed by atoms with Crippen LogP contribution in [0, 0.1) is 11.3 Å². The molecule has 0 spiro atoms. The largest absolute Gasteiger partial charge is 0.372 e. The third-order valence-corrected chi connectivity index (χ3v) is 4.69. The van der Waals surface area contributed by atoms with Crippen molar-refractivity contribution in [1.29, 1.82) is 5.26 Å². The number of nitriles is 1. The summed E-state index contributed by atoms with van der Waals surface area (Å²) in [4.78, 5) is 4.66. The highest BCUT2D eigenvalue weighted by molar-refractivity contribution is 5.66. The zero-order chi connectivity index (χ0) is 16.4. The van der Waals surface area contributed by atoms with Crippen LogP contribution < -0.4 is 15.1 Å². The Morgan fingerprint density at radius 1 is 1.22 bits per heavy atom. The van der Waals surface area contributed by atoms with E-state index >= 15 is 0 Å². The summed E-state index contributed by atoms with van der Waals surface area (Å²) in [5, 5.41) is 13.0. The zero-order valence-corrected chi connectivity index (χ0v) is 14.2. The van der Waals surface area contributed by atoms with Gasteiger partial charge in [0.05, 0.1) is 23.5 Å². The molecule has 1 N–H and O–H groups in total. The molecule has 2 aliphatic heterocycles. The van der Waals surface area contributed by atoms with Gasteiger partial charge in [-0.3, -0.25) is 0 Å². The van der Waals surface area contributed by atoms with E-state index in [2.05, 4.69) is 54.1 Å². The first-order valence-electron chi connectivity index (χ1n) is 8.50. The molecule has 3 rings (SSSR count). The lowest BCUT2D eigenvalue weighted by atomic mass is 10.1. The molecule has 2 aliphatic rings. The quantitative estimate of drug-likeness (QED) is 0.904. The van der Waals surface area contributed by atoms with E-state index in [1.165, 1.54) is 0 Å². The molecule has 0 amide bonds. The van der Waals surface area contributed by atoms with Gasteiger partial charge in [0, 0.05) is 44.5 Å². The fraction of sp³-hybridized carbons (Fsp3) is 0.611. The number of benzene rings is 1. The molecule has 2 fully saturated rings. The summed E-state index contributed by atoms with van der Waals surface area (Å²) < 4.78 is 5.80. The highest BCUT2D eigenvalue weighted by Gasteiger charge is 2.25. The summed E-state index contributed by atoms with van der Waals surface area (Å²) in [6.45, 7) is 11.0. The maximum atomic E-state index is 9.63. The van der Waals surface area contributed by atoms with Crippen LogP contribution in [0.25, 0.3) is 0 Å². The van der Waals surface area contributed by atoms with E-state index in [1.807, 2.05) is 6.07 Å². The second-order valence-electron chi connectivity index (χ2n) is 6.72. The van der Waals surface area contributed by atoms with E-state index in [-0.39, 0.29) is 12.2 Å². The molecule has 5 heteroatoms. The molecule has 3 atom stereocenters. The number of hydrogen-bond donors (Lipinski definition) is 1. The fourth-order valence-corrected chi connectivity index (χ4v) is 3.67. The number of nitrogens with one attached hydrogen (secondary N) is 1. The van der Waals surface area contributed by atoms with E-state index < -0.39 is 0 Å². The molecule has 0 bridgehead atoms. The molecular formula is C18H26N4O. The lowest BCUT2D eigenvalue weighted by Gasteiger charge is -2.38. The molecule has 124 valence electrons. The predicted molar refractivity (Wildman–Crippen MR) is 93.1 cm³/mol. The normalized spacial score (nSPS) is 28.5. The molecule has 0 aliphatic carbocycles. The number of morpholine rings is 1. The van der Waals surface area contributed by atoms with Crippen LogP contribution in [0.3, 0.4) is 0 Å². The highest BCUT2D eigenvalue weighted by atomic mass is 16.5. The molecule has 5 nitrogen and oxygen atoms in total. The Kier molecular flexibility index (Phi) is 4.74. The Morgan fingerprint density at radius 2 is 1.96 bits per heavy atom. The Morgan fingerprint density at radius 3 is 2.61 bits per heavy atom. The van der Waals surface area contributed by atoms with Crippen LogP contribution in [0.4, 0.5) is 11.4 Å². The molecule has 0 unspecified atom stereocenters. The molecule has 2 heterocycles. The maximum Gasteiger partial charge on any atom is 0.101 e. The van der Waals surface area contributed by atoms with Crippen molar-refractivity contribution in [2.24, 2.45) is 0 Å². The van der Waals surface area contributed by atoms with Gasteiger partial charge >= 0.3 is 0 Å². The number of hydrogen-bond acceptors (Lipinski definition) is 5. The smallest absolute Gasteiger partial charge is 0.101 e. The van der Waals surface area contributed by atoms with Crippen molar-refractivity contribution in [2.75, 3.05) is 42.5 Å². The first-order valence-corrected chi connectivity index (χ1v) is 8.50. The summed E-state index contributed by atoms with van der Waals surface area (Å²) in [5.74, 6) is 0. The third kappa shape index (κ3) is 3.44. The standard InChI is InChI=1S/C18H26N4O/c1-13-10-20-6-7-22(13)17-4-5-18(16(8-17)9-19)21-11-14(2)23-15(3)12-21/h4-5,8,13-15,20H,6-7,10-12H2,1-3H3/t13-,14-,15+/m0/s1. The monoisotopic (exact) mass is 314 g/mol. The van der Waals surface area contributed by atoms with Crippen molar-refractivity contribution in [1.82, 2.24) is 5.32 Å². The minimum absolute atomic E-state index is 0.193. The maximum absolute atomic E-state index is 9.63. The SMILES string of the molecule is C[C@@H]1CN(c2ccc(N3CCNC[C@@H]3C)cc2C#N)C[C@H](C)O1. The number of piperazine rings is 1. The van der Waals surface area contributed by atoms with Crippen LogP contribution in [0.2, 0.25) is 0 Å². The van der Waals surface area contributed by atoms with Gasteiger partial charge in [0.2, 0.25) is 0 Å². The van der Waals surface area contributed by atoms with E-state index in [0.29, 0.717) is 6.04 Å². The van der Waals surface area contributed by atoms with Gasteiger partial charge in [0.1, 0.15) is 6.07 Å². The van der Waals surface area contributed by atoms with Crippen LogP contribution in [-0.2, 0) is 4.74 Å². The average Bonchev–Trinajstić information content (AvgIpc) is 2.54. The van der Waals surface area contributed by atoms with Crippen LogP contribution in [0.1, 0.15) is 26.3 Å². The fourth-order valence-electron chi connectivity index (χ4n) is 3.67. The molecule has 0 saturated carbocycles. The number of anilines is 2. The van der Waals surface area contributed by atoms with Crippen LogP contribution in [0.5, 0.6) is 0 Å². The van der Waals surface area contributed by atoms with Crippen molar-refractivity contribution in [2.45, 2.75) is 39.0 Å². The van der Waals surface area contributed by atoms with E-state index in [0.717, 1.165) is 49.7 Å². The van der Waals surface area contributed by atoms with E-state index in [1.54, 1.807) is 0 Å². The minimum atomic E-state index is 0.193. The first kappa shape index (κ1) is 16.1. The summed E-state index contributed by atoms with van der Waals surface area (Å²) in [5.41, 5.74) is 2.93. The molecule has 2 saturated heterocycles. The molecule has 0 radical (unpaired) electrons. The first-order chi connectivity index (χ1) is 11.1.